The first-order chi connectivity index (χ1) is 14.7. The average Bonchev–Trinajstić information content (AvgIpc) is 3.10. The molecule has 0 atom stereocenters. The summed E-state index contributed by atoms with van der Waals surface area (Å²) in [6, 6.07) is 22.3. The molecule has 3 aromatic rings. The van der Waals surface area contributed by atoms with E-state index >= 15 is 0 Å². The first-order valence-electron chi connectivity index (χ1n) is 9.62. The van der Waals surface area contributed by atoms with Crippen molar-refractivity contribution in [1.82, 2.24) is 5.32 Å². The monoisotopic (exact) mass is 398 g/mol. The van der Waals surface area contributed by atoms with E-state index in [1.807, 2.05) is 30.3 Å². The van der Waals surface area contributed by atoms with Gasteiger partial charge in [-0.05, 0) is 39.9 Å². The minimum Gasteiger partial charge on any atom is -0.449 e. The van der Waals surface area contributed by atoms with Gasteiger partial charge >= 0.3 is 6.09 Å². The Balaban J connectivity index is 1.34. The summed E-state index contributed by atoms with van der Waals surface area (Å²) in [6.45, 7) is 0.485. The molecule has 0 spiro atoms. The predicted octanol–water partition coefficient (Wildman–Crippen LogP) is 5.25. The van der Waals surface area contributed by atoms with Gasteiger partial charge in [-0.25, -0.2) is 9.18 Å². The van der Waals surface area contributed by atoms with E-state index in [1.54, 1.807) is 12.2 Å². The van der Waals surface area contributed by atoms with Gasteiger partial charge in [-0.1, -0.05) is 66.7 Å². The lowest BCUT2D eigenvalue weighted by Gasteiger charge is -2.14. The summed E-state index contributed by atoms with van der Waals surface area (Å²) in [5, 5.41) is 11.7. The van der Waals surface area contributed by atoms with Crippen LogP contribution in [0, 0.1) is 17.1 Å². The maximum Gasteiger partial charge on any atom is 0.407 e. The molecule has 5 heteroatoms. The lowest BCUT2D eigenvalue weighted by Crippen LogP contribution is -2.26. The molecular weight excluding hydrogens is 379 g/mol. The third-order valence-corrected chi connectivity index (χ3v) is 5.14. The SMILES string of the molecule is N#Cc1cc(F)ccc1C=CCNC(=O)OCC1c2ccccc2-c2ccccc21. The van der Waals surface area contributed by atoms with Crippen LogP contribution in [0.5, 0.6) is 0 Å². The van der Waals surface area contributed by atoms with Gasteiger partial charge in [0.25, 0.3) is 0 Å². The van der Waals surface area contributed by atoms with Crippen LogP contribution < -0.4 is 5.32 Å². The van der Waals surface area contributed by atoms with Gasteiger partial charge in [-0.15, -0.1) is 0 Å². The van der Waals surface area contributed by atoms with Crippen molar-refractivity contribution in [3.05, 3.63) is 101 Å². The molecule has 3 aromatic carbocycles. The Morgan fingerprint density at radius 2 is 1.73 bits per heavy atom. The summed E-state index contributed by atoms with van der Waals surface area (Å²) in [5.41, 5.74) is 5.51. The van der Waals surface area contributed by atoms with Gasteiger partial charge in [0.1, 0.15) is 12.4 Å². The zero-order chi connectivity index (χ0) is 20.9. The zero-order valence-electron chi connectivity index (χ0n) is 16.1. The van der Waals surface area contributed by atoms with E-state index < -0.39 is 11.9 Å². The molecule has 1 amide bonds. The van der Waals surface area contributed by atoms with Gasteiger partial charge < -0.3 is 10.1 Å². The average molecular weight is 398 g/mol. The third-order valence-electron chi connectivity index (χ3n) is 5.14. The lowest BCUT2D eigenvalue weighted by molar-refractivity contribution is 0.144. The second-order valence-corrected chi connectivity index (χ2v) is 6.95. The fourth-order valence-electron chi connectivity index (χ4n) is 3.75. The third kappa shape index (κ3) is 3.94. The number of carbonyl (C=O) groups is 1. The molecule has 0 unspecified atom stereocenters. The summed E-state index contributed by atoms with van der Waals surface area (Å²) in [5.74, 6) is -0.448. The van der Waals surface area contributed by atoms with E-state index in [1.165, 1.54) is 29.3 Å². The van der Waals surface area contributed by atoms with E-state index in [0.29, 0.717) is 5.56 Å². The first kappa shape index (κ1) is 19.4. The summed E-state index contributed by atoms with van der Waals surface area (Å²) < 4.78 is 18.6. The van der Waals surface area contributed by atoms with Crippen LogP contribution in [0.4, 0.5) is 9.18 Å². The van der Waals surface area contributed by atoms with Gasteiger partial charge in [0, 0.05) is 12.5 Å². The Morgan fingerprint density at radius 1 is 1.07 bits per heavy atom. The van der Waals surface area contributed by atoms with E-state index in [2.05, 4.69) is 29.6 Å². The normalized spacial score (nSPS) is 12.3. The number of alkyl carbamates (subject to hydrolysis) is 1. The number of halogens is 1. The van der Waals surface area contributed by atoms with Crippen molar-refractivity contribution in [2.75, 3.05) is 13.2 Å². The number of nitrogens with one attached hydrogen (secondary N) is 1. The van der Waals surface area contributed by atoms with Crippen LogP contribution in [0.3, 0.4) is 0 Å². The fraction of sp³-hybridized carbons (Fsp3) is 0.120. The Bertz CT molecular complexity index is 1120. The molecule has 4 nitrogen and oxygen atoms in total. The summed E-state index contributed by atoms with van der Waals surface area (Å²) in [6.07, 6.45) is 2.85. The largest absolute Gasteiger partial charge is 0.449 e. The van der Waals surface area contributed by atoms with Crippen LogP contribution in [0.1, 0.15) is 28.2 Å². The van der Waals surface area contributed by atoms with Crippen molar-refractivity contribution in [1.29, 1.82) is 5.26 Å². The standard InChI is InChI=1S/C25H19FN2O2/c26-19-12-11-17(18(14-19)15-27)6-5-13-28-25(29)30-16-24-22-9-3-1-7-20(22)21-8-2-4-10-23(21)24/h1-12,14,24H,13,16H2,(H,28,29). The van der Waals surface area contributed by atoms with E-state index in [4.69, 9.17) is 10.00 Å². The minimum atomic E-state index is -0.513. The van der Waals surface area contributed by atoms with Gasteiger partial charge in [0.15, 0.2) is 0 Å². The van der Waals surface area contributed by atoms with Crippen LogP contribution in [-0.2, 0) is 4.74 Å². The topological polar surface area (TPSA) is 62.1 Å². The van der Waals surface area contributed by atoms with Crippen molar-refractivity contribution in [2.24, 2.45) is 0 Å². The number of benzene rings is 3. The van der Waals surface area contributed by atoms with Crippen LogP contribution in [0.25, 0.3) is 17.2 Å². The second kappa shape index (κ2) is 8.62. The van der Waals surface area contributed by atoms with E-state index in [-0.39, 0.29) is 24.6 Å². The first-order valence-corrected chi connectivity index (χ1v) is 9.62. The number of carbonyl (C=O) groups excluding carboxylic acids is 1. The van der Waals surface area contributed by atoms with Crippen LogP contribution in [-0.4, -0.2) is 19.2 Å². The van der Waals surface area contributed by atoms with Crippen molar-refractivity contribution >= 4 is 12.2 Å². The van der Waals surface area contributed by atoms with E-state index in [9.17, 15) is 9.18 Å². The highest BCUT2D eigenvalue weighted by atomic mass is 19.1. The quantitative estimate of drug-likeness (QED) is 0.639. The van der Waals surface area contributed by atoms with Gasteiger partial charge in [-0.2, -0.15) is 5.26 Å². The summed E-state index contributed by atoms with van der Waals surface area (Å²) in [4.78, 5) is 12.1. The molecule has 1 aliphatic carbocycles. The molecule has 1 aliphatic rings. The molecule has 0 saturated carbocycles. The number of rotatable bonds is 5. The number of hydrogen-bond acceptors (Lipinski definition) is 3. The Morgan fingerprint density at radius 3 is 2.40 bits per heavy atom. The Kier molecular flexibility index (Phi) is 5.58. The van der Waals surface area contributed by atoms with Crippen molar-refractivity contribution in [2.45, 2.75) is 5.92 Å². The second-order valence-electron chi connectivity index (χ2n) is 6.95. The van der Waals surface area contributed by atoms with Crippen LogP contribution >= 0.6 is 0 Å². The number of nitriles is 1. The molecule has 4 rings (SSSR count). The maximum atomic E-state index is 13.2. The highest BCUT2D eigenvalue weighted by molar-refractivity contribution is 5.79. The zero-order valence-corrected chi connectivity index (χ0v) is 16.1. The molecule has 0 fully saturated rings. The maximum absolute atomic E-state index is 13.2. The molecule has 0 radical (unpaired) electrons. The fourth-order valence-corrected chi connectivity index (χ4v) is 3.75. The van der Waals surface area contributed by atoms with Crippen molar-refractivity contribution in [3.8, 4) is 17.2 Å². The summed E-state index contributed by atoms with van der Waals surface area (Å²) >= 11 is 0. The van der Waals surface area contributed by atoms with Gasteiger partial charge in [0.2, 0.25) is 0 Å². The molecule has 0 saturated heterocycles. The molecule has 1 N–H and O–H groups in total. The number of nitrogens with zero attached hydrogens (tertiary/aromatic N) is 1. The van der Waals surface area contributed by atoms with Crippen LogP contribution in [0.15, 0.2) is 72.8 Å². The Hall–Kier alpha value is -3.91. The highest BCUT2D eigenvalue weighted by Crippen LogP contribution is 2.44. The molecule has 0 aromatic heterocycles. The van der Waals surface area contributed by atoms with Gasteiger partial charge in [0.05, 0.1) is 11.6 Å². The minimum absolute atomic E-state index is 0.0103. The van der Waals surface area contributed by atoms with Crippen molar-refractivity contribution < 1.29 is 13.9 Å². The molecular formula is C25H19FN2O2. The molecule has 0 bridgehead atoms. The lowest BCUT2D eigenvalue weighted by atomic mass is 9.98. The molecule has 0 heterocycles. The smallest absolute Gasteiger partial charge is 0.407 e. The van der Waals surface area contributed by atoms with Gasteiger partial charge in [-0.3, -0.25) is 0 Å². The summed E-state index contributed by atoms with van der Waals surface area (Å²) in [7, 11) is 0. The van der Waals surface area contributed by atoms with Crippen molar-refractivity contribution in [3.63, 3.8) is 0 Å². The number of ether oxygens (including phenoxy) is 1. The molecule has 0 aliphatic heterocycles. The molecule has 148 valence electrons. The number of amides is 1. The predicted molar refractivity (Wildman–Crippen MR) is 113 cm³/mol. The highest BCUT2D eigenvalue weighted by Gasteiger charge is 2.28. The Labute approximate surface area is 174 Å². The number of fused-ring (bicyclic) bond motifs is 3. The molecule has 30 heavy (non-hydrogen) atoms. The van der Waals surface area contributed by atoms with E-state index in [0.717, 1.165) is 11.1 Å². The number of hydrogen-bond donors (Lipinski definition) is 1. The van der Waals surface area contributed by atoms with Crippen LogP contribution in [0.2, 0.25) is 0 Å².